The Morgan fingerprint density at radius 2 is 1.69 bits per heavy atom. The molecular formula is C19H26N2O4S. The molecular weight excluding hydrogens is 352 g/mol. The van der Waals surface area contributed by atoms with Crippen LogP contribution in [0.25, 0.3) is 10.2 Å². The average molecular weight is 378 g/mol. The molecule has 142 valence electrons. The van der Waals surface area contributed by atoms with E-state index in [1.54, 1.807) is 34.6 Å². The Morgan fingerprint density at radius 3 is 2.19 bits per heavy atom. The third-order valence-electron chi connectivity index (χ3n) is 3.59. The second-order valence-corrected chi connectivity index (χ2v) is 9.18. The number of ether oxygens (including phenoxy) is 2. The second kappa shape index (κ2) is 6.95. The van der Waals surface area contributed by atoms with Crippen molar-refractivity contribution in [3.63, 3.8) is 0 Å². The van der Waals surface area contributed by atoms with Crippen molar-refractivity contribution in [2.75, 3.05) is 6.61 Å². The predicted molar refractivity (Wildman–Crippen MR) is 102 cm³/mol. The summed E-state index contributed by atoms with van der Waals surface area (Å²) in [5, 5.41) is 0.881. The van der Waals surface area contributed by atoms with Crippen molar-refractivity contribution < 1.29 is 19.1 Å². The van der Waals surface area contributed by atoms with Gasteiger partial charge in [-0.1, -0.05) is 20.8 Å². The number of aromatic nitrogens is 2. The molecule has 0 unspecified atom stereocenters. The van der Waals surface area contributed by atoms with E-state index in [4.69, 9.17) is 9.47 Å². The number of carbonyl (C=O) groups is 2. The zero-order valence-corrected chi connectivity index (χ0v) is 17.5. The van der Waals surface area contributed by atoms with Crippen LogP contribution in [-0.2, 0) is 14.9 Å². The van der Waals surface area contributed by atoms with E-state index >= 15 is 0 Å². The molecule has 0 aromatic carbocycles. The highest BCUT2D eigenvalue weighted by Crippen LogP contribution is 2.39. The molecule has 0 saturated carbocycles. The van der Waals surface area contributed by atoms with Gasteiger partial charge in [0.25, 0.3) is 0 Å². The number of esters is 2. The van der Waals surface area contributed by atoms with Crippen LogP contribution in [0.2, 0.25) is 0 Å². The predicted octanol–water partition coefficient (Wildman–Crippen LogP) is 4.43. The smallest absolute Gasteiger partial charge is 0.360 e. The Kier molecular flexibility index (Phi) is 5.42. The number of nitrogens with zero attached hydrogens (tertiary/aromatic N) is 2. The first-order valence-corrected chi connectivity index (χ1v) is 9.39. The average Bonchev–Trinajstić information content (AvgIpc) is 2.95. The van der Waals surface area contributed by atoms with Gasteiger partial charge in [0.15, 0.2) is 11.4 Å². The quantitative estimate of drug-likeness (QED) is 0.736. The lowest BCUT2D eigenvalue weighted by Crippen LogP contribution is -2.26. The van der Waals surface area contributed by atoms with E-state index in [0.717, 1.165) is 5.01 Å². The SMILES string of the molecule is CCOC(=O)c1nc(C)c2nc(C(C)(C)C)sc2c1OC(=O)C(C)(C)C. The molecule has 0 spiro atoms. The molecule has 7 heteroatoms. The van der Waals surface area contributed by atoms with Gasteiger partial charge in [-0.25, -0.2) is 14.8 Å². The highest BCUT2D eigenvalue weighted by Gasteiger charge is 2.31. The third kappa shape index (κ3) is 4.03. The van der Waals surface area contributed by atoms with E-state index < -0.39 is 17.4 Å². The zero-order valence-electron chi connectivity index (χ0n) is 16.6. The summed E-state index contributed by atoms with van der Waals surface area (Å²) in [4.78, 5) is 33.9. The molecule has 0 saturated heterocycles. The number of hydrogen-bond acceptors (Lipinski definition) is 7. The van der Waals surface area contributed by atoms with E-state index in [-0.39, 0.29) is 23.5 Å². The fourth-order valence-electron chi connectivity index (χ4n) is 2.10. The van der Waals surface area contributed by atoms with Gasteiger partial charge >= 0.3 is 11.9 Å². The van der Waals surface area contributed by atoms with Crippen molar-refractivity contribution in [1.29, 1.82) is 0 Å². The Balaban J connectivity index is 2.75. The standard InChI is InChI=1S/C19H26N2O4S/c1-9-24-15(22)12-13(25-17(23)19(6,7)8)14-11(10(2)20-12)21-16(26-14)18(3,4)5/h9H2,1-8H3. The summed E-state index contributed by atoms with van der Waals surface area (Å²) < 4.78 is 11.4. The Morgan fingerprint density at radius 1 is 1.08 bits per heavy atom. The summed E-state index contributed by atoms with van der Waals surface area (Å²) in [5.74, 6) is -0.919. The molecule has 0 atom stereocenters. The number of aryl methyl sites for hydroxylation is 1. The van der Waals surface area contributed by atoms with Gasteiger partial charge in [0.05, 0.1) is 22.7 Å². The second-order valence-electron chi connectivity index (χ2n) is 8.18. The lowest BCUT2D eigenvalue weighted by Gasteiger charge is -2.18. The fourth-order valence-corrected chi connectivity index (χ4v) is 3.25. The van der Waals surface area contributed by atoms with Crippen molar-refractivity contribution >= 4 is 33.5 Å². The van der Waals surface area contributed by atoms with Crippen LogP contribution >= 0.6 is 11.3 Å². The maximum absolute atomic E-state index is 12.5. The first-order valence-electron chi connectivity index (χ1n) is 8.57. The lowest BCUT2D eigenvalue weighted by atomic mass is 9.97. The first-order chi connectivity index (χ1) is 11.9. The third-order valence-corrected chi connectivity index (χ3v) is 5.07. The highest BCUT2D eigenvalue weighted by atomic mass is 32.1. The molecule has 0 aliphatic rings. The van der Waals surface area contributed by atoms with Gasteiger partial charge in [-0.05, 0) is 34.6 Å². The molecule has 2 rings (SSSR count). The Labute approximate surface area is 157 Å². The molecule has 2 heterocycles. The molecule has 0 fully saturated rings. The van der Waals surface area contributed by atoms with Crippen LogP contribution in [0, 0.1) is 12.3 Å². The first kappa shape index (κ1) is 20.3. The van der Waals surface area contributed by atoms with Crippen molar-refractivity contribution in [3.8, 4) is 5.75 Å². The van der Waals surface area contributed by atoms with Crippen LogP contribution in [0.5, 0.6) is 5.75 Å². The minimum absolute atomic E-state index is 0.0126. The molecule has 0 N–H and O–H groups in total. The number of carbonyl (C=O) groups excluding carboxylic acids is 2. The van der Waals surface area contributed by atoms with Crippen LogP contribution in [-0.4, -0.2) is 28.5 Å². The normalized spacial score (nSPS) is 12.3. The lowest BCUT2D eigenvalue weighted by molar-refractivity contribution is -0.142. The molecule has 2 aromatic heterocycles. The molecule has 2 aromatic rings. The zero-order chi connectivity index (χ0) is 19.9. The monoisotopic (exact) mass is 378 g/mol. The summed E-state index contributed by atoms with van der Waals surface area (Å²) in [6.45, 7) is 15.1. The van der Waals surface area contributed by atoms with Crippen LogP contribution in [0.1, 0.15) is 69.7 Å². The van der Waals surface area contributed by atoms with Gasteiger partial charge < -0.3 is 9.47 Å². The topological polar surface area (TPSA) is 78.4 Å². The van der Waals surface area contributed by atoms with Gasteiger partial charge in [0, 0.05) is 5.41 Å². The summed E-state index contributed by atoms with van der Waals surface area (Å²) in [5.41, 5.74) is 0.361. The van der Waals surface area contributed by atoms with E-state index in [1.807, 2.05) is 0 Å². The van der Waals surface area contributed by atoms with Gasteiger partial charge in [-0.15, -0.1) is 11.3 Å². The summed E-state index contributed by atoms with van der Waals surface area (Å²) in [6.07, 6.45) is 0. The number of fused-ring (bicyclic) bond motifs is 1. The van der Waals surface area contributed by atoms with E-state index in [2.05, 4.69) is 30.7 Å². The molecule has 0 amide bonds. The molecule has 26 heavy (non-hydrogen) atoms. The summed E-state index contributed by atoms with van der Waals surface area (Å²) >= 11 is 1.41. The Hall–Kier alpha value is -2.02. The summed E-state index contributed by atoms with van der Waals surface area (Å²) in [6, 6.07) is 0. The van der Waals surface area contributed by atoms with Crippen LogP contribution in [0.4, 0.5) is 0 Å². The fraction of sp³-hybridized carbons (Fsp3) is 0.579. The molecule has 0 bridgehead atoms. The number of pyridine rings is 1. The number of hydrogen-bond donors (Lipinski definition) is 0. The van der Waals surface area contributed by atoms with Crippen LogP contribution < -0.4 is 4.74 Å². The maximum atomic E-state index is 12.5. The van der Waals surface area contributed by atoms with E-state index in [1.165, 1.54) is 11.3 Å². The van der Waals surface area contributed by atoms with Gasteiger partial charge in [0.1, 0.15) is 10.2 Å². The van der Waals surface area contributed by atoms with Gasteiger partial charge in [-0.3, -0.25) is 4.79 Å². The molecule has 0 aliphatic heterocycles. The van der Waals surface area contributed by atoms with Crippen LogP contribution in [0.3, 0.4) is 0 Å². The van der Waals surface area contributed by atoms with Crippen LogP contribution in [0.15, 0.2) is 0 Å². The summed E-state index contributed by atoms with van der Waals surface area (Å²) in [7, 11) is 0. The number of thiazole rings is 1. The van der Waals surface area contributed by atoms with Crippen molar-refractivity contribution in [3.05, 3.63) is 16.4 Å². The minimum Gasteiger partial charge on any atom is -0.461 e. The number of rotatable bonds is 3. The van der Waals surface area contributed by atoms with Gasteiger partial charge in [-0.2, -0.15) is 0 Å². The molecule has 6 nitrogen and oxygen atoms in total. The van der Waals surface area contributed by atoms with Crippen molar-refractivity contribution in [2.45, 2.75) is 60.8 Å². The van der Waals surface area contributed by atoms with E-state index in [0.29, 0.717) is 15.9 Å². The van der Waals surface area contributed by atoms with Crippen molar-refractivity contribution in [2.24, 2.45) is 5.41 Å². The highest BCUT2D eigenvalue weighted by molar-refractivity contribution is 7.19. The van der Waals surface area contributed by atoms with Crippen molar-refractivity contribution in [1.82, 2.24) is 9.97 Å². The Bertz CT molecular complexity index is 857. The minimum atomic E-state index is -0.722. The van der Waals surface area contributed by atoms with Gasteiger partial charge in [0.2, 0.25) is 0 Å². The maximum Gasteiger partial charge on any atom is 0.360 e. The van der Waals surface area contributed by atoms with E-state index in [9.17, 15) is 9.59 Å². The molecule has 0 aliphatic carbocycles. The largest absolute Gasteiger partial charge is 0.461 e. The molecule has 0 radical (unpaired) electrons.